The summed E-state index contributed by atoms with van der Waals surface area (Å²) in [4.78, 5) is 17.3. The Hall–Kier alpha value is -3.28. The van der Waals surface area contributed by atoms with Gasteiger partial charge in [-0.3, -0.25) is 0 Å². The molecule has 0 N–H and O–H groups in total. The van der Waals surface area contributed by atoms with E-state index in [9.17, 15) is 4.79 Å². The van der Waals surface area contributed by atoms with E-state index in [1.807, 2.05) is 64.1 Å². The van der Waals surface area contributed by atoms with E-state index in [-0.39, 0.29) is 0 Å². The lowest BCUT2D eigenvalue weighted by Gasteiger charge is -2.16. The van der Waals surface area contributed by atoms with Crippen molar-refractivity contribution in [3.63, 3.8) is 0 Å². The lowest BCUT2D eigenvalue weighted by atomic mass is 10.0. The van der Waals surface area contributed by atoms with E-state index in [0.29, 0.717) is 24.4 Å². The molecule has 0 radical (unpaired) electrons. The summed E-state index contributed by atoms with van der Waals surface area (Å²) in [7, 11) is 2.84. The third kappa shape index (κ3) is 5.63. The first-order chi connectivity index (χ1) is 14.4. The SMILES string of the molecule is CCO/N=C(\C)c1cc(C)c(OCc2ccccc2/C(=C/OC)C(=O)OC)cc1C. The molecule has 0 saturated carbocycles. The molecule has 2 rings (SSSR count). The monoisotopic (exact) mass is 411 g/mol. The Kier molecular flexibility index (Phi) is 8.47. The number of benzene rings is 2. The summed E-state index contributed by atoms with van der Waals surface area (Å²) < 4.78 is 16.1. The van der Waals surface area contributed by atoms with E-state index in [1.54, 1.807) is 0 Å². The van der Waals surface area contributed by atoms with E-state index in [1.165, 1.54) is 20.5 Å². The summed E-state index contributed by atoms with van der Waals surface area (Å²) in [5.41, 5.74) is 5.76. The fourth-order valence-corrected chi connectivity index (χ4v) is 3.06. The van der Waals surface area contributed by atoms with Crippen LogP contribution in [0, 0.1) is 13.8 Å². The lowest BCUT2D eigenvalue weighted by Crippen LogP contribution is -2.09. The van der Waals surface area contributed by atoms with Gasteiger partial charge in [0.2, 0.25) is 0 Å². The first kappa shape index (κ1) is 23.0. The number of hydrogen-bond acceptors (Lipinski definition) is 6. The summed E-state index contributed by atoms with van der Waals surface area (Å²) in [5.74, 6) is 0.301. The number of rotatable bonds is 9. The maximum atomic E-state index is 12.2. The lowest BCUT2D eigenvalue weighted by molar-refractivity contribution is -0.133. The third-order valence-electron chi connectivity index (χ3n) is 4.57. The summed E-state index contributed by atoms with van der Waals surface area (Å²) in [6.07, 6.45) is 1.38. The van der Waals surface area contributed by atoms with Gasteiger partial charge in [-0.1, -0.05) is 29.4 Å². The van der Waals surface area contributed by atoms with Crippen molar-refractivity contribution in [2.24, 2.45) is 5.16 Å². The molecule has 0 amide bonds. The summed E-state index contributed by atoms with van der Waals surface area (Å²) in [5, 5.41) is 4.13. The molecule has 6 heteroatoms. The molecular weight excluding hydrogens is 382 g/mol. The molecule has 30 heavy (non-hydrogen) atoms. The van der Waals surface area contributed by atoms with Gasteiger partial charge in [-0.05, 0) is 62.1 Å². The number of ether oxygens (including phenoxy) is 3. The van der Waals surface area contributed by atoms with Crippen molar-refractivity contribution in [2.75, 3.05) is 20.8 Å². The maximum Gasteiger partial charge on any atom is 0.341 e. The van der Waals surface area contributed by atoms with Gasteiger partial charge in [0, 0.05) is 5.56 Å². The molecule has 0 unspecified atom stereocenters. The molecule has 0 aliphatic heterocycles. The Bertz CT molecular complexity index is 947. The van der Waals surface area contributed by atoms with Crippen LogP contribution in [-0.4, -0.2) is 32.5 Å². The molecule has 0 aliphatic rings. The highest BCUT2D eigenvalue weighted by Crippen LogP contribution is 2.27. The molecule has 0 atom stereocenters. The zero-order chi connectivity index (χ0) is 22.1. The van der Waals surface area contributed by atoms with Gasteiger partial charge in [0.15, 0.2) is 0 Å². The number of carbonyl (C=O) groups is 1. The zero-order valence-electron chi connectivity index (χ0n) is 18.4. The van der Waals surface area contributed by atoms with Crippen LogP contribution in [-0.2, 0) is 25.7 Å². The summed E-state index contributed by atoms with van der Waals surface area (Å²) >= 11 is 0. The molecule has 0 aromatic heterocycles. The standard InChI is InChI=1S/C24H29NO5/c1-7-30-25-18(4)21-12-17(3)23(13-16(21)2)29-14-19-10-8-9-11-20(19)22(15-27-5)24(26)28-6/h8-13,15H,7,14H2,1-6H3/b22-15-,25-18+. The zero-order valence-corrected chi connectivity index (χ0v) is 18.4. The van der Waals surface area contributed by atoms with Gasteiger partial charge < -0.3 is 19.0 Å². The van der Waals surface area contributed by atoms with Gasteiger partial charge >= 0.3 is 5.97 Å². The van der Waals surface area contributed by atoms with Crippen LogP contribution in [0.25, 0.3) is 5.57 Å². The fourth-order valence-electron chi connectivity index (χ4n) is 3.06. The Labute approximate surface area is 178 Å². The smallest absolute Gasteiger partial charge is 0.341 e. The highest BCUT2D eigenvalue weighted by molar-refractivity contribution is 6.16. The van der Waals surface area contributed by atoms with Gasteiger partial charge in [0.05, 0.1) is 26.2 Å². The van der Waals surface area contributed by atoms with Crippen LogP contribution in [0.4, 0.5) is 0 Å². The quantitative estimate of drug-likeness (QED) is 0.195. The van der Waals surface area contributed by atoms with Gasteiger partial charge in [-0.2, -0.15) is 0 Å². The molecule has 0 spiro atoms. The number of carbonyl (C=O) groups excluding carboxylic acids is 1. The van der Waals surface area contributed by atoms with E-state index in [2.05, 4.69) is 5.16 Å². The molecule has 0 heterocycles. The van der Waals surface area contributed by atoms with Crippen molar-refractivity contribution < 1.29 is 23.8 Å². The predicted molar refractivity (Wildman–Crippen MR) is 118 cm³/mol. The first-order valence-corrected chi connectivity index (χ1v) is 9.73. The number of oxime groups is 1. The Morgan fingerprint density at radius 2 is 1.80 bits per heavy atom. The second-order valence-corrected chi connectivity index (χ2v) is 6.73. The molecule has 0 aliphatic carbocycles. The van der Waals surface area contributed by atoms with Crippen LogP contribution in [0.15, 0.2) is 47.8 Å². The topological polar surface area (TPSA) is 66.3 Å². The van der Waals surface area contributed by atoms with Crippen LogP contribution < -0.4 is 4.74 Å². The minimum atomic E-state index is -0.468. The minimum Gasteiger partial charge on any atom is -0.503 e. The van der Waals surface area contributed by atoms with Crippen LogP contribution in [0.1, 0.15) is 41.7 Å². The Morgan fingerprint density at radius 1 is 1.07 bits per heavy atom. The van der Waals surface area contributed by atoms with Crippen molar-refractivity contribution >= 4 is 17.3 Å². The van der Waals surface area contributed by atoms with Gasteiger partial charge in [-0.15, -0.1) is 0 Å². The second kappa shape index (κ2) is 11.0. The highest BCUT2D eigenvalue weighted by atomic mass is 16.6. The number of hydrogen-bond donors (Lipinski definition) is 0. The van der Waals surface area contributed by atoms with E-state index in [4.69, 9.17) is 19.0 Å². The largest absolute Gasteiger partial charge is 0.503 e. The average Bonchev–Trinajstić information content (AvgIpc) is 2.75. The van der Waals surface area contributed by atoms with Crippen LogP contribution in [0.5, 0.6) is 5.75 Å². The van der Waals surface area contributed by atoms with Crippen LogP contribution in [0.2, 0.25) is 0 Å². The fraction of sp³-hybridized carbons (Fsp3) is 0.333. The predicted octanol–water partition coefficient (Wildman–Crippen LogP) is 4.80. The van der Waals surface area contributed by atoms with Crippen LogP contribution >= 0.6 is 0 Å². The van der Waals surface area contributed by atoms with E-state index in [0.717, 1.165) is 33.7 Å². The molecule has 6 nitrogen and oxygen atoms in total. The molecule has 0 fully saturated rings. The van der Waals surface area contributed by atoms with Gasteiger partial charge in [0.1, 0.15) is 24.5 Å². The van der Waals surface area contributed by atoms with Crippen molar-refractivity contribution in [3.05, 3.63) is 70.5 Å². The van der Waals surface area contributed by atoms with Crippen molar-refractivity contribution in [3.8, 4) is 5.75 Å². The van der Waals surface area contributed by atoms with Gasteiger partial charge in [0.25, 0.3) is 0 Å². The first-order valence-electron chi connectivity index (χ1n) is 9.73. The van der Waals surface area contributed by atoms with Crippen molar-refractivity contribution in [1.82, 2.24) is 0 Å². The Balaban J connectivity index is 2.29. The highest BCUT2D eigenvalue weighted by Gasteiger charge is 2.17. The molecule has 0 bridgehead atoms. The molecule has 2 aromatic carbocycles. The maximum absolute atomic E-state index is 12.2. The van der Waals surface area contributed by atoms with E-state index >= 15 is 0 Å². The minimum absolute atomic E-state index is 0.292. The normalized spacial score (nSPS) is 11.8. The van der Waals surface area contributed by atoms with Gasteiger partial charge in [-0.25, -0.2) is 4.79 Å². The van der Waals surface area contributed by atoms with Crippen LogP contribution in [0.3, 0.4) is 0 Å². The second-order valence-electron chi connectivity index (χ2n) is 6.73. The Morgan fingerprint density at radius 3 is 2.47 bits per heavy atom. The van der Waals surface area contributed by atoms with E-state index < -0.39 is 5.97 Å². The number of nitrogens with zero attached hydrogens (tertiary/aromatic N) is 1. The molecular formula is C24H29NO5. The third-order valence-corrected chi connectivity index (χ3v) is 4.57. The number of aryl methyl sites for hydroxylation is 2. The average molecular weight is 411 g/mol. The summed E-state index contributed by atoms with van der Waals surface area (Å²) in [6, 6.07) is 11.5. The molecule has 0 saturated heterocycles. The van der Waals surface area contributed by atoms with Crippen molar-refractivity contribution in [1.29, 1.82) is 0 Å². The molecule has 160 valence electrons. The number of methoxy groups -OCH3 is 2. The molecule has 2 aromatic rings. The summed E-state index contributed by atoms with van der Waals surface area (Å²) in [6.45, 7) is 8.64. The number of esters is 1. The van der Waals surface area contributed by atoms with Crippen molar-refractivity contribution in [2.45, 2.75) is 34.3 Å².